The van der Waals surface area contributed by atoms with Gasteiger partial charge in [0.1, 0.15) is 7.05 Å². The second-order valence-electron chi connectivity index (χ2n) is 5.15. The maximum absolute atomic E-state index is 8.33. The van der Waals surface area contributed by atoms with Crippen LogP contribution in [0.4, 0.5) is 0 Å². The highest BCUT2D eigenvalue weighted by Gasteiger charge is 2.16. The quantitative estimate of drug-likeness (QED) is 0.736. The first-order valence-electron chi connectivity index (χ1n) is 11.0. The molecule has 0 saturated carbocycles. The van der Waals surface area contributed by atoms with Crippen LogP contribution in [0.5, 0.6) is 0 Å². The van der Waals surface area contributed by atoms with Crippen molar-refractivity contribution in [1.29, 1.82) is 0 Å². The fourth-order valence-electron chi connectivity index (χ4n) is 2.52. The lowest BCUT2D eigenvalue weighted by molar-refractivity contribution is -0.661. The van der Waals surface area contributed by atoms with E-state index in [1.807, 2.05) is 6.92 Å². The fraction of sp³-hybridized carbons (Fsp3) is 0.421. The van der Waals surface area contributed by atoms with Gasteiger partial charge in [-0.05, 0) is 56.2 Å². The molecular weight excluding hydrogens is 242 g/mol. The second kappa shape index (κ2) is 5.78. The van der Waals surface area contributed by atoms with E-state index in [4.69, 9.17) is 12.3 Å². The fourth-order valence-corrected chi connectivity index (χ4v) is 2.52. The van der Waals surface area contributed by atoms with Gasteiger partial charge in [0, 0.05) is 29.0 Å². The first kappa shape index (κ1) is 6.89. The molecule has 1 heteroatoms. The molecule has 1 unspecified atom stereocenters. The molecule has 0 aliphatic carbocycles. The Hall–Kier alpha value is -1.63. The average molecular weight is 277 g/mol. The molecule has 106 valence electrons. The van der Waals surface area contributed by atoms with Gasteiger partial charge in [-0.15, -0.1) is 0 Å². The molecule has 0 fully saturated rings. The van der Waals surface area contributed by atoms with Crippen molar-refractivity contribution in [2.75, 3.05) is 0 Å². The molecule has 0 N–H and O–H groups in total. The number of nitrogens with zero attached hydrogens (tertiary/aromatic N) is 1. The van der Waals surface area contributed by atoms with Crippen LogP contribution in [0, 0.1) is 26.6 Å². The van der Waals surface area contributed by atoms with E-state index in [1.54, 1.807) is 42.9 Å². The van der Waals surface area contributed by atoms with Gasteiger partial charge < -0.3 is 0 Å². The van der Waals surface area contributed by atoms with Crippen LogP contribution in [0.2, 0.25) is 0 Å². The van der Waals surface area contributed by atoms with Gasteiger partial charge in [0.25, 0.3) is 0 Å². The van der Waals surface area contributed by atoms with Gasteiger partial charge in [-0.2, -0.15) is 0 Å². The Bertz CT molecular complexity index is 901. The third-order valence-corrected chi connectivity index (χ3v) is 3.24. The number of benzene rings is 1. The normalized spacial score (nSPS) is 22.7. The van der Waals surface area contributed by atoms with Crippen molar-refractivity contribution < 1.29 is 16.9 Å². The van der Waals surface area contributed by atoms with Crippen LogP contribution in [0.3, 0.4) is 0 Å². The van der Waals surface area contributed by atoms with Crippen LogP contribution in [-0.2, 0) is 13.4 Å². The summed E-state index contributed by atoms with van der Waals surface area (Å²) in [4.78, 5) is 0. The molecule has 0 aliphatic rings. The minimum absolute atomic E-state index is 0.117. The van der Waals surface area contributed by atoms with E-state index < -0.39 is 26.0 Å². The van der Waals surface area contributed by atoms with Gasteiger partial charge >= 0.3 is 0 Å². The Labute approximate surface area is 135 Å². The summed E-state index contributed by atoms with van der Waals surface area (Å²) in [7, 11) is 1.75. The molecule has 2 rings (SSSR count). The van der Waals surface area contributed by atoms with Crippen molar-refractivity contribution in [3.8, 4) is 11.3 Å². The summed E-state index contributed by atoms with van der Waals surface area (Å²) >= 11 is 0. The van der Waals surface area contributed by atoms with Crippen molar-refractivity contribution in [2.24, 2.45) is 12.9 Å². The maximum atomic E-state index is 8.33. The SMILES string of the molecule is [2H]C([2H])([2H])c1cc(C)c(-c2ccc(C([2H])([2H])C([2H])(C)C([2H])([2H])[2H])cc2C)[n+](C)c1. The van der Waals surface area contributed by atoms with Crippen LogP contribution in [0.25, 0.3) is 11.3 Å². The third kappa shape index (κ3) is 3.09. The molecule has 0 radical (unpaired) electrons. The van der Waals surface area contributed by atoms with Gasteiger partial charge in [-0.1, -0.05) is 25.9 Å². The summed E-state index contributed by atoms with van der Waals surface area (Å²) in [5.41, 5.74) is 3.37. The summed E-state index contributed by atoms with van der Waals surface area (Å²) in [6.45, 7) is -0.336. The number of hydrogen-bond acceptors (Lipinski definition) is 0. The van der Waals surface area contributed by atoms with Crippen LogP contribution in [0.15, 0.2) is 30.5 Å². The van der Waals surface area contributed by atoms with Crippen molar-refractivity contribution >= 4 is 0 Å². The minimum Gasteiger partial charge on any atom is -0.201 e. The number of aromatic nitrogens is 1. The van der Waals surface area contributed by atoms with Gasteiger partial charge in [0.2, 0.25) is 5.69 Å². The standard InChI is InChI=1S/C19H26N/c1-13(2)9-17-7-8-18(15(4)11-17)19-16(5)10-14(3)12-20(19)6/h7-8,10-13H,9H2,1-6H3/q+1/i1D3,3D3,9D2,13D. The van der Waals surface area contributed by atoms with Gasteiger partial charge in [-0.3, -0.25) is 0 Å². The lowest BCUT2D eigenvalue weighted by Gasteiger charge is -2.11. The molecule has 2 aromatic rings. The largest absolute Gasteiger partial charge is 0.215 e. The van der Waals surface area contributed by atoms with Crippen molar-refractivity contribution in [2.45, 2.75) is 40.8 Å². The van der Waals surface area contributed by atoms with Crippen LogP contribution in [0.1, 0.15) is 48.4 Å². The first-order valence-corrected chi connectivity index (χ1v) is 6.53. The Morgan fingerprint density at radius 3 is 2.70 bits per heavy atom. The third-order valence-electron chi connectivity index (χ3n) is 3.24. The summed E-state index contributed by atoms with van der Waals surface area (Å²) in [6.07, 6.45) is -0.846. The number of rotatable bonds is 3. The zero-order valence-corrected chi connectivity index (χ0v) is 12.3. The average Bonchev–Trinajstić information content (AvgIpc) is 2.53. The molecule has 0 amide bonds. The number of aryl methyl sites for hydroxylation is 4. The van der Waals surface area contributed by atoms with E-state index in [0.29, 0.717) is 5.56 Å². The van der Waals surface area contributed by atoms with Gasteiger partial charge in [-0.25, -0.2) is 4.57 Å². The molecule has 0 saturated heterocycles. The topological polar surface area (TPSA) is 3.88 Å². The Morgan fingerprint density at radius 2 is 2.10 bits per heavy atom. The number of pyridine rings is 1. The maximum Gasteiger partial charge on any atom is 0.215 e. The van der Waals surface area contributed by atoms with E-state index in [-0.39, 0.29) is 11.1 Å². The predicted molar refractivity (Wildman–Crippen MR) is 85.8 cm³/mol. The highest BCUT2D eigenvalue weighted by atomic mass is 14.9. The van der Waals surface area contributed by atoms with E-state index in [9.17, 15) is 0 Å². The highest BCUT2D eigenvalue weighted by Crippen LogP contribution is 2.25. The van der Waals surface area contributed by atoms with Crippen LogP contribution >= 0.6 is 0 Å². The molecular formula is C19H26N+. The molecule has 1 aromatic carbocycles. The molecule has 1 atom stereocenters. The predicted octanol–water partition coefficient (Wildman–Crippen LogP) is 4.30. The highest BCUT2D eigenvalue weighted by molar-refractivity contribution is 5.64. The molecule has 1 nitrogen and oxygen atoms in total. The summed E-state index contributed by atoms with van der Waals surface area (Å²) in [6, 6.07) is 6.36. The smallest absolute Gasteiger partial charge is 0.201 e. The summed E-state index contributed by atoms with van der Waals surface area (Å²) in [5, 5.41) is 0. The van der Waals surface area contributed by atoms with Crippen molar-refractivity contribution in [3.05, 3.63) is 52.7 Å². The molecule has 0 bridgehead atoms. The monoisotopic (exact) mass is 277 g/mol. The van der Waals surface area contributed by atoms with Crippen LogP contribution < -0.4 is 4.57 Å². The van der Waals surface area contributed by atoms with Crippen molar-refractivity contribution in [3.63, 3.8) is 0 Å². The Morgan fingerprint density at radius 1 is 1.30 bits per heavy atom. The van der Waals surface area contributed by atoms with E-state index in [1.165, 1.54) is 6.07 Å². The first-order chi connectivity index (χ1) is 12.9. The second-order valence-corrected chi connectivity index (χ2v) is 5.15. The van der Waals surface area contributed by atoms with Crippen LogP contribution in [-0.4, -0.2) is 0 Å². The molecule has 20 heavy (non-hydrogen) atoms. The van der Waals surface area contributed by atoms with Crippen molar-refractivity contribution in [1.82, 2.24) is 0 Å². The van der Waals surface area contributed by atoms with Gasteiger partial charge in [0.15, 0.2) is 6.20 Å². The zero-order chi connectivity index (χ0) is 22.6. The molecule has 0 aliphatic heterocycles. The van der Waals surface area contributed by atoms with Gasteiger partial charge in [0.05, 0.1) is 0 Å². The lowest BCUT2D eigenvalue weighted by Crippen LogP contribution is -2.32. The van der Waals surface area contributed by atoms with E-state index in [2.05, 4.69) is 0 Å². The molecule has 1 aromatic heterocycles. The lowest BCUT2D eigenvalue weighted by atomic mass is 9.95. The summed E-state index contributed by atoms with van der Waals surface area (Å²) in [5.74, 6) is -2.32. The number of hydrogen-bond donors (Lipinski definition) is 0. The minimum atomic E-state index is -2.79. The van der Waals surface area contributed by atoms with E-state index >= 15 is 0 Å². The molecule has 0 spiro atoms. The Kier molecular flexibility index (Phi) is 1.99. The Balaban J connectivity index is 2.59. The summed E-state index contributed by atoms with van der Waals surface area (Å²) < 4.78 is 72.0. The van der Waals surface area contributed by atoms with E-state index in [0.717, 1.165) is 23.7 Å². The molecule has 1 heterocycles. The zero-order valence-electron chi connectivity index (χ0n) is 21.3.